The third-order valence-corrected chi connectivity index (χ3v) is 6.00. The van der Waals surface area contributed by atoms with Crippen molar-refractivity contribution >= 4 is 50.5 Å². The molecule has 0 N–H and O–H groups in total. The molecule has 0 aliphatic rings. The normalized spacial score (nSPS) is 12.4. The zero-order valence-corrected chi connectivity index (χ0v) is 20.7. The minimum atomic E-state index is -0.649. The molecule has 0 bridgehead atoms. The van der Waals surface area contributed by atoms with Crippen LogP contribution in [0.5, 0.6) is 0 Å². The molecule has 0 atom stereocenters. The first-order chi connectivity index (χ1) is 15.4. The fraction of sp³-hybridized carbons (Fsp3) is 0.346. The van der Waals surface area contributed by atoms with Crippen molar-refractivity contribution in [3.8, 4) is 11.4 Å². The van der Waals surface area contributed by atoms with Crippen molar-refractivity contribution in [1.82, 2.24) is 14.3 Å². The highest BCUT2D eigenvalue weighted by molar-refractivity contribution is 7.17. The van der Waals surface area contributed by atoms with Gasteiger partial charge in [-0.3, -0.25) is 9.36 Å². The summed E-state index contributed by atoms with van der Waals surface area (Å²) in [4.78, 5) is 26.4. The van der Waals surface area contributed by atoms with Gasteiger partial charge in [-0.15, -0.1) is 11.3 Å². The van der Waals surface area contributed by atoms with Crippen LogP contribution in [0, 0.1) is 5.41 Å². The van der Waals surface area contributed by atoms with Crippen molar-refractivity contribution < 1.29 is 14.3 Å². The predicted molar refractivity (Wildman–Crippen MR) is 135 cm³/mol. The van der Waals surface area contributed by atoms with Gasteiger partial charge in [0.1, 0.15) is 11.3 Å². The number of rotatable bonds is 3. The summed E-state index contributed by atoms with van der Waals surface area (Å²) < 4.78 is 9.42. The van der Waals surface area contributed by atoms with Crippen molar-refractivity contribution in [3.05, 3.63) is 47.9 Å². The Kier molecular flexibility index (Phi) is 5.56. The van der Waals surface area contributed by atoms with Gasteiger partial charge in [0.2, 0.25) is 5.91 Å². The number of hydrogen-bond donors (Lipinski definition) is 0. The molecule has 0 fully saturated rings. The standard InChI is InChI=1S/C26H29N3O3S/c1-8-16-9-10-18-17(13-16)14-20(28(18)21(30)15-25(2,3)4)22-23-19(11-12-33-23)29(27-22)24(31)32-26(5,6)7/h8-14H,1,15H2,2-7H3. The quantitative estimate of drug-likeness (QED) is 0.322. The Morgan fingerprint density at radius 3 is 2.45 bits per heavy atom. The van der Waals surface area contributed by atoms with Gasteiger partial charge in [-0.1, -0.05) is 39.5 Å². The smallest absolute Gasteiger partial charge is 0.435 e. The summed E-state index contributed by atoms with van der Waals surface area (Å²) in [6.07, 6.45) is 1.60. The molecule has 7 heteroatoms. The number of carbonyl (C=O) groups is 2. The van der Waals surface area contributed by atoms with Crippen LogP contribution in [0.1, 0.15) is 58.3 Å². The molecule has 0 aliphatic carbocycles. The van der Waals surface area contributed by atoms with Crippen molar-refractivity contribution in [3.63, 3.8) is 0 Å². The van der Waals surface area contributed by atoms with E-state index >= 15 is 0 Å². The number of benzene rings is 1. The minimum Gasteiger partial charge on any atom is -0.442 e. The Morgan fingerprint density at radius 2 is 1.82 bits per heavy atom. The van der Waals surface area contributed by atoms with E-state index < -0.39 is 11.7 Å². The summed E-state index contributed by atoms with van der Waals surface area (Å²) >= 11 is 1.48. The second-order valence-corrected chi connectivity index (χ2v) is 11.3. The SMILES string of the molecule is C=Cc1ccc2c(c1)cc(-c1nn(C(=O)OC(C)(C)C)c3ccsc13)n2C(=O)CC(C)(C)C. The number of hydrogen-bond acceptors (Lipinski definition) is 5. The zero-order chi connectivity index (χ0) is 24.1. The lowest BCUT2D eigenvalue weighted by Gasteiger charge is -2.19. The minimum absolute atomic E-state index is 0.0182. The summed E-state index contributed by atoms with van der Waals surface area (Å²) in [6.45, 7) is 15.4. The molecule has 1 aromatic carbocycles. The van der Waals surface area contributed by atoms with E-state index in [4.69, 9.17) is 4.74 Å². The predicted octanol–water partition coefficient (Wildman–Crippen LogP) is 7.22. The first-order valence-corrected chi connectivity index (χ1v) is 11.8. The first kappa shape index (κ1) is 23.0. The average Bonchev–Trinajstić information content (AvgIpc) is 3.37. The Labute approximate surface area is 197 Å². The van der Waals surface area contributed by atoms with Crippen LogP contribution in [0.25, 0.3) is 38.6 Å². The highest BCUT2D eigenvalue weighted by Crippen LogP contribution is 2.37. The molecular formula is C26H29N3O3S. The van der Waals surface area contributed by atoms with E-state index in [0.29, 0.717) is 23.3 Å². The van der Waals surface area contributed by atoms with Crippen LogP contribution in [-0.4, -0.2) is 31.9 Å². The molecule has 172 valence electrons. The van der Waals surface area contributed by atoms with Crippen molar-refractivity contribution in [2.45, 2.75) is 53.6 Å². The number of aromatic nitrogens is 3. The average molecular weight is 464 g/mol. The molecule has 3 heterocycles. The van der Waals surface area contributed by atoms with E-state index in [9.17, 15) is 9.59 Å². The molecule has 0 amide bonds. The summed E-state index contributed by atoms with van der Waals surface area (Å²) in [5.74, 6) is -0.0182. The van der Waals surface area contributed by atoms with E-state index in [2.05, 4.69) is 11.7 Å². The molecule has 0 unspecified atom stereocenters. The van der Waals surface area contributed by atoms with Crippen LogP contribution >= 0.6 is 11.3 Å². The fourth-order valence-corrected chi connectivity index (χ4v) is 4.66. The highest BCUT2D eigenvalue weighted by atomic mass is 32.1. The van der Waals surface area contributed by atoms with Gasteiger partial charge in [0.25, 0.3) is 0 Å². The topological polar surface area (TPSA) is 66.1 Å². The highest BCUT2D eigenvalue weighted by Gasteiger charge is 2.27. The Bertz CT molecular complexity index is 1390. The lowest BCUT2D eigenvalue weighted by atomic mass is 9.92. The second kappa shape index (κ2) is 7.99. The molecule has 3 aromatic heterocycles. The van der Waals surface area contributed by atoms with Crippen LogP contribution in [0.2, 0.25) is 0 Å². The van der Waals surface area contributed by atoms with E-state index in [1.807, 2.05) is 77.3 Å². The number of carbonyl (C=O) groups excluding carboxylic acids is 2. The summed E-state index contributed by atoms with van der Waals surface area (Å²) in [5.41, 5.74) is 2.86. The summed E-state index contributed by atoms with van der Waals surface area (Å²) in [7, 11) is 0. The Morgan fingerprint density at radius 1 is 1.09 bits per heavy atom. The largest absolute Gasteiger partial charge is 0.442 e. The van der Waals surface area contributed by atoms with Gasteiger partial charge >= 0.3 is 6.09 Å². The van der Waals surface area contributed by atoms with Gasteiger partial charge in [-0.05, 0) is 61.4 Å². The molecule has 0 spiro atoms. The molecule has 33 heavy (non-hydrogen) atoms. The monoisotopic (exact) mass is 463 g/mol. The van der Waals surface area contributed by atoms with Gasteiger partial charge in [-0.2, -0.15) is 9.78 Å². The number of fused-ring (bicyclic) bond motifs is 2. The van der Waals surface area contributed by atoms with Crippen molar-refractivity contribution in [1.29, 1.82) is 0 Å². The van der Waals surface area contributed by atoms with Crippen molar-refractivity contribution in [2.75, 3.05) is 0 Å². The molecular weight excluding hydrogens is 434 g/mol. The first-order valence-electron chi connectivity index (χ1n) is 10.9. The van der Waals surface area contributed by atoms with Crippen LogP contribution in [-0.2, 0) is 4.74 Å². The van der Waals surface area contributed by atoms with Gasteiger partial charge in [0, 0.05) is 11.8 Å². The molecule has 0 saturated carbocycles. The van der Waals surface area contributed by atoms with Crippen LogP contribution in [0.3, 0.4) is 0 Å². The van der Waals surface area contributed by atoms with Crippen LogP contribution in [0.15, 0.2) is 42.3 Å². The maximum Gasteiger partial charge on any atom is 0.435 e. The van der Waals surface area contributed by atoms with E-state index in [1.54, 1.807) is 10.6 Å². The number of ether oxygens (including phenoxy) is 1. The van der Waals surface area contributed by atoms with E-state index in [-0.39, 0.29) is 11.3 Å². The van der Waals surface area contributed by atoms with Gasteiger partial charge in [-0.25, -0.2) is 4.79 Å². The molecule has 4 aromatic rings. The lowest BCUT2D eigenvalue weighted by molar-refractivity contribution is 0.0523. The second-order valence-electron chi connectivity index (χ2n) is 10.4. The van der Waals surface area contributed by atoms with Gasteiger partial charge in [0.15, 0.2) is 0 Å². The fourth-order valence-electron chi connectivity index (χ4n) is 3.79. The van der Waals surface area contributed by atoms with E-state index in [0.717, 1.165) is 21.2 Å². The Balaban J connectivity index is 1.95. The maximum atomic E-state index is 13.5. The number of nitrogens with zero attached hydrogens (tertiary/aromatic N) is 3. The third-order valence-electron chi connectivity index (χ3n) is 5.09. The van der Waals surface area contributed by atoms with Crippen LogP contribution in [0.4, 0.5) is 4.79 Å². The maximum absolute atomic E-state index is 13.5. The summed E-state index contributed by atoms with van der Waals surface area (Å²) in [5, 5.41) is 7.47. The molecule has 6 nitrogen and oxygen atoms in total. The molecule has 4 rings (SSSR count). The zero-order valence-electron chi connectivity index (χ0n) is 19.9. The summed E-state index contributed by atoms with van der Waals surface area (Å²) in [6, 6.07) is 9.69. The molecule has 0 saturated heterocycles. The van der Waals surface area contributed by atoms with Gasteiger partial charge < -0.3 is 4.74 Å². The van der Waals surface area contributed by atoms with E-state index in [1.165, 1.54) is 16.0 Å². The third kappa shape index (κ3) is 4.50. The molecule has 0 radical (unpaired) electrons. The van der Waals surface area contributed by atoms with Crippen LogP contribution < -0.4 is 0 Å². The lowest BCUT2D eigenvalue weighted by Crippen LogP contribution is -2.27. The number of thiophene rings is 1. The van der Waals surface area contributed by atoms with Gasteiger partial charge in [0.05, 0.1) is 21.4 Å². The van der Waals surface area contributed by atoms with Crippen molar-refractivity contribution in [2.24, 2.45) is 5.41 Å². The molecule has 0 aliphatic heterocycles. The Hall–Kier alpha value is -3.19.